The van der Waals surface area contributed by atoms with Gasteiger partial charge in [-0.1, -0.05) is 62.4 Å². The van der Waals surface area contributed by atoms with Crippen LogP contribution in [0.4, 0.5) is 11.4 Å². The van der Waals surface area contributed by atoms with Gasteiger partial charge in [0.25, 0.3) is 5.91 Å². The maximum Gasteiger partial charge on any atom is 0.270 e. The average molecular weight is 345 g/mol. The lowest BCUT2D eigenvalue weighted by Gasteiger charge is -2.15. The third-order valence-corrected chi connectivity index (χ3v) is 4.15. The molecule has 1 amide bonds. The number of carbonyl (C=O) groups is 1. The molecule has 4 nitrogen and oxygen atoms in total. The van der Waals surface area contributed by atoms with E-state index in [0.717, 1.165) is 16.9 Å². The van der Waals surface area contributed by atoms with Crippen LogP contribution in [0.2, 0.25) is 0 Å². The van der Waals surface area contributed by atoms with Gasteiger partial charge in [0, 0.05) is 24.1 Å². The largest absolute Gasteiger partial charge is 0.355 e. The van der Waals surface area contributed by atoms with E-state index in [4.69, 9.17) is 0 Å². The Morgan fingerprint density at radius 2 is 1.73 bits per heavy atom. The van der Waals surface area contributed by atoms with Crippen molar-refractivity contribution in [2.24, 2.45) is 0 Å². The number of amides is 1. The number of aromatic nitrogens is 1. The molecule has 0 aliphatic carbocycles. The molecule has 1 heterocycles. The summed E-state index contributed by atoms with van der Waals surface area (Å²) in [6.45, 7) is 4.81. The molecule has 0 saturated heterocycles. The molecule has 0 bridgehead atoms. The molecule has 4 heteroatoms. The lowest BCUT2D eigenvalue weighted by atomic mass is 10.0. The van der Waals surface area contributed by atoms with Crippen molar-refractivity contribution in [3.63, 3.8) is 0 Å². The second-order valence-corrected chi connectivity index (χ2v) is 6.46. The summed E-state index contributed by atoms with van der Waals surface area (Å²) in [4.78, 5) is 16.6. The number of nitrogens with one attached hydrogen (secondary N) is 2. The smallest absolute Gasteiger partial charge is 0.270 e. The Balaban J connectivity index is 1.71. The van der Waals surface area contributed by atoms with E-state index < -0.39 is 0 Å². The summed E-state index contributed by atoms with van der Waals surface area (Å²) in [5, 5.41) is 6.31. The molecule has 0 aliphatic heterocycles. The van der Waals surface area contributed by atoms with Crippen LogP contribution in [0.3, 0.4) is 0 Å². The summed E-state index contributed by atoms with van der Waals surface area (Å²) in [5.74, 6) is 0.226. The van der Waals surface area contributed by atoms with Crippen LogP contribution >= 0.6 is 0 Å². The molecular weight excluding hydrogens is 322 g/mol. The Bertz CT molecular complexity index is 875. The maximum absolute atomic E-state index is 12.4. The van der Waals surface area contributed by atoms with Crippen LogP contribution in [0.25, 0.3) is 0 Å². The molecule has 0 unspecified atom stereocenters. The number of hydrogen-bond donors (Lipinski definition) is 2. The third kappa shape index (κ3) is 4.48. The van der Waals surface area contributed by atoms with E-state index in [1.165, 1.54) is 5.56 Å². The Morgan fingerprint density at radius 3 is 2.50 bits per heavy atom. The average Bonchev–Trinajstić information content (AvgIpc) is 2.67. The van der Waals surface area contributed by atoms with E-state index in [1.807, 2.05) is 54.6 Å². The van der Waals surface area contributed by atoms with Crippen LogP contribution in [0.1, 0.15) is 41.4 Å². The minimum atomic E-state index is -0.186. The van der Waals surface area contributed by atoms with Crippen molar-refractivity contribution in [1.29, 1.82) is 0 Å². The van der Waals surface area contributed by atoms with Gasteiger partial charge in [0.2, 0.25) is 0 Å². The number of para-hydroxylation sites is 1. The van der Waals surface area contributed by atoms with Crippen molar-refractivity contribution < 1.29 is 4.79 Å². The monoisotopic (exact) mass is 345 g/mol. The fourth-order valence-corrected chi connectivity index (χ4v) is 2.77. The molecule has 26 heavy (non-hydrogen) atoms. The summed E-state index contributed by atoms with van der Waals surface area (Å²) in [5.41, 5.74) is 4.58. The van der Waals surface area contributed by atoms with Crippen molar-refractivity contribution in [2.45, 2.75) is 26.3 Å². The predicted octanol–water partition coefficient (Wildman–Crippen LogP) is 4.88. The molecule has 132 valence electrons. The number of rotatable bonds is 6. The number of nitrogens with zero attached hydrogens (tertiary/aromatic N) is 1. The van der Waals surface area contributed by atoms with Crippen molar-refractivity contribution in [1.82, 2.24) is 10.3 Å². The van der Waals surface area contributed by atoms with Crippen LogP contribution in [0, 0.1) is 0 Å². The summed E-state index contributed by atoms with van der Waals surface area (Å²) in [7, 11) is 0. The Labute approximate surface area is 154 Å². The molecule has 3 rings (SSSR count). The second kappa shape index (κ2) is 8.30. The summed E-state index contributed by atoms with van der Waals surface area (Å²) in [6, 6.07) is 21.7. The SMILES string of the molecule is CC(C)c1ccccc1Nc1ccnc(C(=O)NCc2ccccc2)c1. The molecule has 0 atom stereocenters. The molecule has 2 aromatic carbocycles. The Hall–Kier alpha value is -3.14. The van der Waals surface area contributed by atoms with Crippen LogP contribution in [0.15, 0.2) is 72.9 Å². The van der Waals surface area contributed by atoms with E-state index in [9.17, 15) is 4.79 Å². The number of hydrogen-bond acceptors (Lipinski definition) is 3. The zero-order chi connectivity index (χ0) is 18.4. The van der Waals surface area contributed by atoms with Crippen LogP contribution < -0.4 is 10.6 Å². The van der Waals surface area contributed by atoms with Gasteiger partial charge in [-0.25, -0.2) is 0 Å². The fraction of sp³-hybridized carbons (Fsp3) is 0.182. The van der Waals surface area contributed by atoms with Crippen LogP contribution in [-0.2, 0) is 6.54 Å². The van der Waals surface area contributed by atoms with Gasteiger partial charge < -0.3 is 10.6 Å². The second-order valence-electron chi connectivity index (χ2n) is 6.46. The predicted molar refractivity (Wildman–Crippen MR) is 106 cm³/mol. The summed E-state index contributed by atoms with van der Waals surface area (Å²) < 4.78 is 0. The molecule has 0 fully saturated rings. The number of anilines is 2. The summed E-state index contributed by atoms with van der Waals surface area (Å²) >= 11 is 0. The first-order valence-corrected chi connectivity index (χ1v) is 8.77. The van der Waals surface area contributed by atoms with Gasteiger partial charge in [-0.05, 0) is 35.2 Å². The first kappa shape index (κ1) is 17.7. The summed E-state index contributed by atoms with van der Waals surface area (Å²) in [6.07, 6.45) is 1.65. The van der Waals surface area contributed by atoms with E-state index in [2.05, 4.69) is 35.5 Å². The van der Waals surface area contributed by atoms with Gasteiger partial charge in [-0.3, -0.25) is 9.78 Å². The van der Waals surface area contributed by atoms with E-state index >= 15 is 0 Å². The Kier molecular flexibility index (Phi) is 5.64. The maximum atomic E-state index is 12.4. The van der Waals surface area contributed by atoms with E-state index in [0.29, 0.717) is 18.2 Å². The molecular formula is C22H23N3O. The zero-order valence-corrected chi connectivity index (χ0v) is 15.1. The molecule has 0 radical (unpaired) electrons. The van der Waals surface area contributed by atoms with Crippen LogP contribution in [-0.4, -0.2) is 10.9 Å². The quantitative estimate of drug-likeness (QED) is 0.669. The van der Waals surface area contributed by atoms with Gasteiger partial charge in [0.05, 0.1) is 0 Å². The molecule has 0 spiro atoms. The number of carbonyl (C=O) groups excluding carboxylic acids is 1. The van der Waals surface area contributed by atoms with Gasteiger partial charge >= 0.3 is 0 Å². The van der Waals surface area contributed by atoms with Crippen LogP contribution in [0.5, 0.6) is 0 Å². The normalized spacial score (nSPS) is 10.6. The van der Waals surface area contributed by atoms with Gasteiger partial charge in [0.15, 0.2) is 0 Å². The van der Waals surface area contributed by atoms with Gasteiger partial charge in [0.1, 0.15) is 5.69 Å². The molecule has 1 aromatic heterocycles. The zero-order valence-electron chi connectivity index (χ0n) is 15.1. The van der Waals surface area contributed by atoms with Crippen molar-refractivity contribution in [3.05, 3.63) is 89.7 Å². The topological polar surface area (TPSA) is 54.0 Å². The number of benzene rings is 2. The first-order valence-electron chi connectivity index (χ1n) is 8.77. The molecule has 2 N–H and O–H groups in total. The lowest BCUT2D eigenvalue weighted by molar-refractivity contribution is 0.0946. The van der Waals surface area contributed by atoms with Crippen molar-refractivity contribution >= 4 is 17.3 Å². The molecule has 0 saturated carbocycles. The number of pyridine rings is 1. The fourth-order valence-electron chi connectivity index (χ4n) is 2.77. The highest BCUT2D eigenvalue weighted by atomic mass is 16.1. The van der Waals surface area contributed by atoms with Gasteiger partial charge in [-0.15, -0.1) is 0 Å². The van der Waals surface area contributed by atoms with Crippen molar-refractivity contribution in [3.8, 4) is 0 Å². The highest BCUT2D eigenvalue weighted by molar-refractivity contribution is 5.93. The minimum Gasteiger partial charge on any atom is -0.355 e. The van der Waals surface area contributed by atoms with Gasteiger partial charge in [-0.2, -0.15) is 0 Å². The third-order valence-electron chi connectivity index (χ3n) is 4.15. The minimum absolute atomic E-state index is 0.186. The van der Waals surface area contributed by atoms with E-state index in [-0.39, 0.29) is 5.91 Å². The molecule has 3 aromatic rings. The highest BCUT2D eigenvalue weighted by Gasteiger charge is 2.10. The highest BCUT2D eigenvalue weighted by Crippen LogP contribution is 2.26. The standard InChI is InChI=1S/C22H23N3O/c1-16(2)19-10-6-7-11-20(19)25-18-12-13-23-21(14-18)22(26)24-15-17-8-4-3-5-9-17/h3-14,16H,15H2,1-2H3,(H,23,25)(H,24,26). The van der Waals surface area contributed by atoms with Crippen molar-refractivity contribution in [2.75, 3.05) is 5.32 Å². The lowest BCUT2D eigenvalue weighted by Crippen LogP contribution is -2.23. The van der Waals surface area contributed by atoms with E-state index in [1.54, 1.807) is 12.3 Å². The molecule has 0 aliphatic rings. The Morgan fingerprint density at radius 1 is 1.00 bits per heavy atom. The first-order chi connectivity index (χ1) is 12.6.